The Labute approximate surface area is 195 Å². The fourth-order valence-electron chi connectivity index (χ4n) is 4.83. The van der Waals surface area contributed by atoms with Gasteiger partial charge in [-0.05, 0) is 49.3 Å². The number of carboxylic acids is 1. The van der Waals surface area contributed by atoms with Crippen molar-refractivity contribution in [3.05, 3.63) is 59.8 Å². The van der Waals surface area contributed by atoms with E-state index in [4.69, 9.17) is 4.74 Å². The first-order chi connectivity index (χ1) is 15.5. The lowest BCUT2D eigenvalue weighted by atomic mass is 9.59. The van der Waals surface area contributed by atoms with Gasteiger partial charge in [0.25, 0.3) is 0 Å². The number of hydrogen-bond acceptors (Lipinski definition) is 5. The maximum Gasteiger partial charge on any atom is 0.331 e. The first-order valence-electron chi connectivity index (χ1n) is 11.4. The van der Waals surface area contributed by atoms with Crippen LogP contribution in [0.2, 0.25) is 0 Å². The van der Waals surface area contributed by atoms with Crippen molar-refractivity contribution in [2.45, 2.75) is 59.5 Å². The Morgan fingerprint density at radius 1 is 1.30 bits per heavy atom. The molecule has 0 spiro atoms. The first-order valence-corrected chi connectivity index (χ1v) is 11.4. The van der Waals surface area contributed by atoms with Crippen LogP contribution in [0, 0.1) is 23.2 Å². The summed E-state index contributed by atoms with van der Waals surface area (Å²) in [5.74, 6) is -2.87. The highest BCUT2D eigenvalue weighted by Crippen LogP contribution is 2.56. The Bertz CT molecular complexity index is 934. The number of hydrogen-bond donors (Lipinski definition) is 1. The molecule has 0 heterocycles. The highest BCUT2D eigenvalue weighted by atomic mass is 16.5. The minimum absolute atomic E-state index is 0.0808. The number of ether oxygens (including phenoxy) is 1. The van der Waals surface area contributed by atoms with Crippen molar-refractivity contribution >= 4 is 24.0 Å². The van der Waals surface area contributed by atoms with Crippen LogP contribution in [0.15, 0.2) is 59.8 Å². The maximum atomic E-state index is 12.8. The average Bonchev–Trinajstić information content (AvgIpc) is 3.01. The summed E-state index contributed by atoms with van der Waals surface area (Å²) < 4.78 is 5.64. The molecular weight excluding hydrogens is 420 g/mol. The van der Waals surface area contributed by atoms with Gasteiger partial charge in [-0.3, -0.25) is 14.4 Å². The van der Waals surface area contributed by atoms with Gasteiger partial charge in [0, 0.05) is 17.4 Å². The van der Waals surface area contributed by atoms with Crippen molar-refractivity contribution in [2.75, 3.05) is 0 Å². The van der Waals surface area contributed by atoms with Crippen LogP contribution in [-0.2, 0) is 23.9 Å². The van der Waals surface area contributed by atoms with Gasteiger partial charge in [0.1, 0.15) is 12.4 Å². The van der Waals surface area contributed by atoms with E-state index in [1.807, 2.05) is 13.0 Å². The number of fused-ring (bicyclic) bond motifs is 1. The lowest BCUT2D eigenvalue weighted by Crippen LogP contribution is -2.47. The second-order valence-electron chi connectivity index (χ2n) is 9.23. The molecule has 1 N–H and O–H groups in total. The van der Waals surface area contributed by atoms with Gasteiger partial charge in [-0.2, -0.15) is 0 Å². The van der Waals surface area contributed by atoms with Crippen molar-refractivity contribution < 1.29 is 29.0 Å². The van der Waals surface area contributed by atoms with Crippen LogP contribution >= 0.6 is 0 Å². The van der Waals surface area contributed by atoms with Crippen LogP contribution < -0.4 is 0 Å². The second kappa shape index (κ2) is 11.2. The van der Waals surface area contributed by atoms with E-state index in [1.165, 1.54) is 12.2 Å². The van der Waals surface area contributed by atoms with Crippen LogP contribution in [0.4, 0.5) is 0 Å². The van der Waals surface area contributed by atoms with E-state index in [0.717, 1.165) is 12.0 Å². The maximum absolute atomic E-state index is 12.8. The van der Waals surface area contributed by atoms with Gasteiger partial charge in [0.2, 0.25) is 0 Å². The molecule has 5 atom stereocenters. The monoisotopic (exact) mass is 454 g/mol. The summed E-state index contributed by atoms with van der Waals surface area (Å²) in [5.41, 5.74) is 0.807. The smallest absolute Gasteiger partial charge is 0.331 e. The molecule has 1 saturated carbocycles. The summed E-state index contributed by atoms with van der Waals surface area (Å²) in [4.78, 5) is 48.3. The molecule has 0 radical (unpaired) electrons. The second-order valence-corrected chi connectivity index (χ2v) is 9.23. The molecule has 0 aliphatic heterocycles. The van der Waals surface area contributed by atoms with E-state index >= 15 is 0 Å². The molecule has 2 rings (SSSR count). The molecule has 0 aromatic carbocycles. The highest BCUT2D eigenvalue weighted by Gasteiger charge is 2.58. The quantitative estimate of drug-likeness (QED) is 0.221. The number of rotatable bonds is 10. The third-order valence-electron chi connectivity index (χ3n) is 6.86. The Morgan fingerprint density at radius 3 is 2.58 bits per heavy atom. The van der Waals surface area contributed by atoms with Gasteiger partial charge in [0.15, 0.2) is 5.78 Å². The molecule has 33 heavy (non-hydrogen) atoms. The lowest BCUT2D eigenvalue weighted by molar-refractivity contribution is -0.152. The molecular formula is C27H34O6. The van der Waals surface area contributed by atoms with Gasteiger partial charge >= 0.3 is 11.9 Å². The standard InChI is InChI=1S/C27H34O6/c1-6-17(2)13-18(3)9-7-8-10-25(30)33-24-12-11-20(26(31)32)27(5)21(14-19(4)16-28)23(29)15-22(24)27/h7-10,13,15-17,20-21,24H,4,6,11-12,14H2,1-3,5H3,(H,31,32). The van der Waals surface area contributed by atoms with Crippen LogP contribution in [0.3, 0.4) is 0 Å². The van der Waals surface area contributed by atoms with E-state index < -0.39 is 35.3 Å². The molecule has 2 aliphatic rings. The first kappa shape index (κ1) is 26.2. The summed E-state index contributed by atoms with van der Waals surface area (Å²) in [6.07, 6.45) is 11.8. The molecule has 0 amide bonds. The molecule has 0 bridgehead atoms. The van der Waals surface area contributed by atoms with E-state index in [1.54, 1.807) is 19.1 Å². The van der Waals surface area contributed by atoms with Gasteiger partial charge in [-0.15, -0.1) is 0 Å². The topological polar surface area (TPSA) is 97.7 Å². The number of allylic oxidation sites excluding steroid dienone is 7. The molecule has 0 aromatic rings. The van der Waals surface area contributed by atoms with Gasteiger partial charge in [0.05, 0.1) is 5.92 Å². The van der Waals surface area contributed by atoms with E-state index in [2.05, 4.69) is 26.5 Å². The molecule has 178 valence electrons. The van der Waals surface area contributed by atoms with E-state index in [-0.39, 0.29) is 24.2 Å². The zero-order valence-electron chi connectivity index (χ0n) is 19.9. The average molecular weight is 455 g/mol. The number of carbonyl (C=O) groups is 4. The number of aldehydes is 1. The Balaban J connectivity index is 2.17. The van der Waals surface area contributed by atoms with Crippen molar-refractivity contribution in [3.8, 4) is 0 Å². The number of aliphatic carboxylic acids is 1. The van der Waals surface area contributed by atoms with Crippen molar-refractivity contribution in [2.24, 2.45) is 23.2 Å². The zero-order chi connectivity index (χ0) is 24.8. The Hall–Kier alpha value is -3.02. The number of ketones is 1. The lowest BCUT2D eigenvalue weighted by Gasteiger charge is -2.45. The minimum Gasteiger partial charge on any atom is -0.481 e. The third-order valence-corrected chi connectivity index (χ3v) is 6.86. The fraction of sp³-hybridized carbons (Fsp3) is 0.481. The molecule has 1 fully saturated rings. The van der Waals surface area contributed by atoms with E-state index in [9.17, 15) is 24.3 Å². The number of carbonyl (C=O) groups excluding carboxylic acids is 3. The van der Waals surface area contributed by atoms with E-state index in [0.29, 0.717) is 24.2 Å². The van der Waals surface area contributed by atoms with Crippen LogP contribution in [0.25, 0.3) is 0 Å². The van der Waals surface area contributed by atoms with Crippen molar-refractivity contribution in [1.29, 1.82) is 0 Å². The Morgan fingerprint density at radius 2 is 1.97 bits per heavy atom. The summed E-state index contributed by atoms with van der Waals surface area (Å²) >= 11 is 0. The molecule has 2 aliphatic carbocycles. The van der Waals surface area contributed by atoms with Crippen molar-refractivity contribution in [1.82, 2.24) is 0 Å². The number of carboxylic acid groups (broad SMARTS) is 1. The minimum atomic E-state index is -1.04. The van der Waals surface area contributed by atoms with Gasteiger partial charge in [-0.1, -0.05) is 63.6 Å². The molecule has 6 nitrogen and oxygen atoms in total. The van der Waals surface area contributed by atoms with Crippen LogP contribution in [0.1, 0.15) is 53.4 Å². The fourth-order valence-corrected chi connectivity index (χ4v) is 4.83. The van der Waals surface area contributed by atoms with Gasteiger partial charge in [-0.25, -0.2) is 4.79 Å². The predicted molar refractivity (Wildman–Crippen MR) is 126 cm³/mol. The SMILES string of the molecule is C=C(C=O)CC1C(=O)C=C2C(OC(=O)C=CC=CC(C)=CC(C)CC)CCC(C(=O)O)C21C. The molecule has 0 saturated heterocycles. The zero-order valence-corrected chi connectivity index (χ0v) is 19.9. The summed E-state index contributed by atoms with van der Waals surface area (Å²) in [5, 5.41) is 9.81. The molecule has 0 aromatic heterocycles. The molecule has 5 unspecified atom stereocenters. The highest BCUT2D eigenvalue weighted by molar-refractivity contribution is 5.99. The Kier molecular flexibility index (Phi) is 8.91. The van der Waals surface area contributed by atoms with Crippen LogP contribution in [-0.4, -0.2) is 35.2 Å². The number of esters is 1. The van der Waals surface area contributed by atoms with Gasteiger partial charge < -0.3 is 9.84 Å². The summed E-state index contributed by atoms with van der Waals surface area (Å²) in [6, 6.07) is 0. The summed E-state index contributed by atoms with van der Waals surface area (Å²) in [6.45, 7) is 11.6. The van der Waals surface area contributed by atoms with Crippen LogP contribution in [0.5, 0.6) is 0 Å². The predicted octanol–water partition coefficient (Wildman–Crippen LogP) is 4.77. The normalized spacial score (nSPS) is 28.5. The largest absolute Gasteiger partial charge is 0.481 e. The summed E-state index contributed by atoms with van der Waals surface area (Å²) in [7, 11) is 0. The van der Waals surface area contributed by atoms with Crippen molar-refractivity contribution in [3.63, 3.8) is 0 Å². The third kappa shape index (κ3) is 6.06. The molecule has 6 heteroatoms.